The molecule has 1 aromatic carbocycles. The first-order valence-electron chi connectivity index (χ1n) is 5.43. The van der Waals surface area contributed by atoms with Gasteiger partial charge in [0.2, 0.25) is 0 Å². The maximum atomic E-state index is 5.37. The zero-order valence-electron chi connectivity index (χ0n) is 11.2. The number of methoxy groups -OCH3 is 2. The summed E-state index contributed by atoms with van der Waals surface area (Å²) in [7, 11) is 3.32. The molecule has 3 nitrogen and oxygen atoms in total. The van der Waals surface area contributed by atoms with Crippen molar-refractivity contribution in [2.75, 3.05) is 14.2 Å². The van der Waals surface area contributed by atoms with Crippen LogP contribution in [0.4, 0.5) is 0 Å². The monoisotopic (exact) mass is 259 g/mol. The molecule has 1 N–H and O–H groups in total. The predicted octanol–water partition coefficient (Wildman–Crippen LogP) is 3.01. The fraction of sp³-hybridized carbons (Fsp3) is 0.538. The Morgan fingerprint density at radius 2 is 1.76 bits per heavy atom. The van der Waals surface area contributed by atoms with Gasteiger partial charge in [0.15, 0.2) is 11.5 Å². The number of rotatable bonds is 4. The summed E-state index contributed by atoms with van der Waals surface area (Å²) < 4.78 is 10.6. The fourth-order valence-corrected chi connectivity index (χ4v) is 1.45. The van der Waals surface area contributed by atoms with Crippen LogP contribution in [0.5, 0.6) is 11.5 Å². The Labute approximate surface area is 110 Å². The third-order valence-electron chi connectivity index (χ3n) is 2.29. The average molecular weight is 260 g/mol. The molecule has 0 saturated carbocycles. The molecule has 0 fully saturated rings. The van der Waals surface area contributed by atoms with Crippen molar-refractivity contribution >= 4 is 12.4 Å². The van der Waals surface area contributed by atoms with Crippen LogP contribution in [0.15, 0.2) is 18.2 Å². The van der Waals surface area contributed by atoms with Gasteiger partial charge < -0.3 is 14.8 Å². The molecule has 0 heterocycles. The predicted molar refractivity (Wildman–Crippen MR) is 73.4 cm³/mol. The Hall–Kier alpha value is -0.930. The van der Waals surface area contributed by atoms with Crippen LogP contribution in [-0.4, -0.2) is 19.8 Å². The molecular formula is C13H22ClNO2. The molecule has 0 aromatic heterocycles. The number of nitrogens with one attached hydrogen (secondary N) is 1. The first-order valence-corrected chi connectivity index (χ1v) is 5.43. The molecule has 4 heteroatoms. The van der Waals surface area contributed by atoms with Crippen molar-refractivity contribution in [1.82, 2.24) is 5.32 Å². The van der Waals surface area contributed by atoms with Crippen molar-refractivity contribution < 1.29 is 9.47 Å². The molecule has 0 radical (unpaired) electrons. The lowest BCUT2D eigenvalue weighted by Gasteiger charge is -2.21. The van der Waals surface area contributed by atoms with Crippen LogP contribution in [0.25, 0.3) is 0 Å². The maximum absolute atomic E-state index is 5.37. The highest BCUT2D eigenvalue weighted by Crippen LogP contribution is 2.30. The molecule has 0 unspecified atom stereocenters. The molecule has 1 rings (SSSR count). The standard InChI is InChI=1S/C13H21NO2.ClH/c1-13(2,3)14-9-10-7-6-8-11(15-4)12(10)16-5;/h6-8,14H,9H2,1-5H3;1H. The van der Waals surface area contributed by atoms with Gasteiger partial charge in [-0.05, 0) is 26.8 Å². The van der Waals surface area contributed by atoms with Gasteiger partial charge >= 0.3 is 0 Å². The fourth-order valence-electron chi connectivity index (χ4n) is 1.45. The largest absolute Gasteiger partial charge is 0.493 e. The van der Waals surface area contributed by atoms with Crippen molar-refractivity contribution in [1.29, 1.82) is 0 Å². The van der Waals surface area contributed by atoms with E-state index in [0.717, 1.165) is 23.6 Å². The lowest BCUT2D eigenvalue weighted by Crippen LogP contribution is -2.35. The van der Waals surface area contributed by atoms with E-state index in [1.807, 2.05) is 18.2 Å². The SMILES string of the molecule is COc1cccc(CNC(C)(C)C)c1OC.Cl. The summed E-state index contributed by atoms with van der Waals surface area (Å²) in [6.45, 7) is 7.18. The maximum Gasteiger partial charge on any atom is 0.165 e. The van der Waals surface area contributed by atoms with Gasteiger partial charge in [-0.25, -0.2) is 0 Å². The first-order chi connectivity index (χ1) is 7.48. The number of benzene rings is 1. The minimum absolute atomic E-state index is 0. The van der Waals surface area contributed by atoms with E-state index < -0.39 is 0 Å². The second-order valence-electron chi connectivity index (χ2n) is 4.76. The van der Waals surface area contributed by atoms with Gasteiger partial charge in [-0.2, -0.15) is 0 Å². The van der Waals surface area contributed by atoms with E-state index in [1.165, 1.54) is 0 Å². The highest BCUT2D eigenvalue weighted by molar-refractivity contribution is 5.85. The minimum Gasteiger partial charge on any atom is -0.493 e. The average Bonchev–Trinajstić information content (AvgIpc) is 2.24. The van der Waals surface area contributed by atoms with Crippen LogP contribution in [0.1, 0.15) is 26.3 Å². The first kappa shape index (κ1) is 16.1. The Morgan fingerprint density at radius 3 is 2.24 bits per heavy atom. The quantitative estimate of drug-likeness (QED) is 0.902. The lowest BCUT2D eigenvalue weighted by molar-refractivity contribution is 0.347. The molecule has 0 aliphatic heterocycles. The third-order valence-corrected chi connectivity index (χ3v) is 2.29. The van der Waals surface area contributed by atoms with Gasteiger partial charge in [0.1, 0.15) is 0 Å². The molecule has 0 spiro atoms. The Kier molecular flexibility index (Phi) is 6.35. The van der Waals surface area contributed by atoms with Crippen molar-refractivity contribution in [3.8, 4) is 11.5 Å². The van der Waals surface area contributed by atoms with Crippen LogP contribution in [-0.2, 0) is 6.54 Å². The van der Waals surface area contributed by atoms with Crippen LogP contribution < -0.4 is 14.8 Å². The van der Waals surface area contributed by atoms with Crippen molar-refractivity contribution in [2.45, 2.75) is 32.9 Å². The molecule has 98 valence electrons. The van der Waals surface area contributed by atoms with Crippen molar-refractivity contribution in [3.63, 3.8) is 0 Å². The summed E-state index contributed by atoms with van der Waals surface area (Å²) in [4.78, 5) is 0. The summed E-state index contributed by atoms with van der Waals surface area (Å²) in [6.07, 6.45) is 0. The van der Waals surface area contributed by atoms with E-state index in [0.29, 0.717) is 0 Å². The molecule has 0 amide bonds. The Morgan fingerprint density at radius 1 is 1.12 bits per heavy atom. The van der Waals surface area contributed by atoms with Crippen molar-refractivity contribution in [3.05, 3.63) is 23.8 Å². The van der Waals surface area contributed by atoms with Gasteiger partial charge in [-0.3, -0.25) is 0 Å². The van der Waals surface area contributed by atoms with Gasteiger partial charge in [-0.1, -0.05) is 12.1 Å². The van der Waals surface area contributed by atoms with Crippen LogP contribution in [0.3, 0.4) is 0 Å². The molecule has 0 aliphatic rings. The smallest absolute Gasteiger partial charge is 0.165 e. The van der Waals surface area contributed by atoms with Gasteiger partial charge in [0, 0.05) is 17.6 Å². The number of hydrogen-bond donors (Lipinski definition) is 1. The Balaban J connectivity index is 0.00000256. The third kappa shape index (κ3) is 4.84. The molecule has 17 heavy (non-hydrogen) atoms. The van der Waals surface area contributed by atoms with Gasteiger partial charge in [0.05, 0.1) is 14.2 Å². The van der Waals surface area contributed by atoms with Crippen LogP contribution in [0.2, 0.25) is 0 Å². The molecular weight excluding hydrogens is 238 g/mol. The molecule has 0 bridgehead atoms. The van der Waals surface area contributed by atoms with E-state index >= 15 is 0 Å². The van der Waals surface area contributed by atoms with E-state index in [4.69, 9.17) is 9.47 Å². The number of halogens is 1. The Bertz CT molecular complexity index is 348. The zero-order chi connectivity index (χ0) is 12.2. The summed E-state index contributed by atoms with van der Waals surface area (Å²) >= 11 is 0. The van der Waals surface area contributed by atoms with E-state index in [9.17, 15) is 0 Å². The number of ether oxygens (including phenoxy) is 2. The second kappa shape index (κ2) is 6.72. The zero-order valence-corrected chi connectivity index (χ0v) is 12.0. The van der Waals surface area contributed by atoms with E-state index in [-0.39, 0.29) is 17.9 Å². The number of hydrogen-bond acceptors (Lipinski definition) is 3. The second-order valence-corrected chi connectivity index (χ2v) is 4.76. The topological polar surface area (TPSA) is 30.5 Å². The lowest BCUT2D eigenvalue weighted by atomic mass is 10.1. The molecule has 1 aromatic rings. The summed E-state index contributed by atoms with van der Waals surface area (Å²) in [5.41, 5.74) is 1.20. The highest BCUT2D eigenvalue weighted by atomic mass is 35.5. The number of para-hydroxylation sites is 1. The van der Waals surface area contributed by atoms with Gasteiger partial charge in [0.25, 0.3) is 0 Å². The van der Waals surface area contributed by atoms with E-state index in [1.54, 1.807) is 14.2 Å². The van der Waals surface area contributed by atoms with Crippen LogP contribution >= 0.6 is 12.4 Å². The highest BCUT2D eigenvalue weighted by Gasteiger charge is 2.13. The van der Waals surface area contributed by atoms with Gasteiger partial charge in [-0.15, -0.1) is 12.4 Å². The molecule has 0 aliphatic carbocycles. The van der Waals surface area contributed by atoms with Crippen LogP contribution in [0, 0.1) is 0 Å². The molecule has 0 saturated heterocycles. The van der Waals surface area contributed by atoms with Crippen molar-refractivity contribution in [2.24, 2.45) is 0 Å². The van der Waals surface area contributed by atoms with E-state index in [2.05, 4.69) is 26.1 Å². The normalized spacial score (nSPS) is 10.6. The minimum atomic E-state index is 0. The summed E-state index contributed by atoms with van der Waals surface area (Å²) in [5, 5.41) is 3.43. The summed E-state index contributed by atoms with van der Waals surface area (Å²) in [5.74, 6) is 1.58. The molecule has 0 atom stereocenters. The summed E-state index contributed by atoms with van der Waals surface area (Å²) in [6, 6.07) is 5.92.